The van der Waals surface area contributed by atoms with E-state index in [0.29, 0.717) is 12.0 Å². The van der Waals surface area contributed by atoms with Gasteiger partial charge in [0.15, 0.2) is 5.78 Å². The third-order valence-corrected chi connectivity index (χ3v) is 2.95. The molecule has 1 aromatic carbocycles. The van der Waals surface area contributed by atoms with E-state index in [0.717, 1.165) is 24.3 Å². The van der Waals surface area contributed by atoms with Crippen molar-refractivity contribution in [3.63, 3.8) is 0 Å². The minimum absolute atomic E-state index is 0.0619. The third kappa shape index (κ3) is 3.22. The first-order valence-corrected chi connectivity index (χ1v) is 6.42. The fourth-order valence-electron chi connectivity index (χ4n) is 1.98. The highest BCUT2D eigenvalue weighted by Gasteiger charge is 2.12. The van der Waals surface area contributed by atoms with Crippen LogP contribution in [0.5, 0.6) is 5.75 Å². The first-order valence-electron chi connectivity index (χ1n) is 6.42. The normalized spacial score (nSPS) is 10.4. The minimum atomic E-state index is 0.0619. The summed E-state index contributed by atoms with van der Waals surface area (Å²) in [4.78, 5) is 12.2. The molecule has 2 rings (SSSR count). The van der Waals surface area contributed by atoms with Crippen LogP contribution in [0.15, 0.2) is 36.7 Å². The number of ketones is 1. The molecule has 1 heterocycles. The molecule has 0 aliphatic rings. The van der Waals surface area contributed by atoms with Crippen LogP contribution in [-0.4, -0.2) is 22.7 Å². The number of carbonyl (C=O) groups is 1. The van der Waals surface area contributed by atoms with Gasteiger partial charge in [-0.1, -0.05) is 25.1 Å². The number of methoxy groups -OCH3 is 1. The number of ether oxygens (including phenoxy) is 1. The molecule has 0 radical (unpaired) electrons. The number of hydrogen-bond acceptors (Lipinski definition) is 3. The fourth-order valence-corrected chi connectivity index (χ4v) is 1.98. The van der Waals surface area contributed by atoms with Crippen LogP contribution in [0.3, 0.4) is 0 Å². The molecule has 4 nitrogen and oxygen atoms in total. The van der Waals surface area contributed by atoms with Gasteiger partial charge >= 0.3 is 0 Å². The van der Waals surface area contributed by atoms with Crippen molar-refractivity contribution in [1.82, 2.24) is 9.78 Å². The molecular weight excluding hydrogens is 240 g/mol. The van der Waals surface area contributed by atoms with Gasteiger partial charge in [0, 0.05) is 24.7 Å². The second-order valence-electron chi connectivity index (χ2n) is 4.40. The standard InChI is InChI=1S/C15H18N2O2/c1-3-8-17-11-13(10-16-17)14(18)9-12-6-4-5-7-15(12)19-2/h4-7,10-11H,3,8-9H2,1-2H3. The second kappa shape index (κ2) is 6.18. The molecule has 0 amide bonds. The maximum atomic E-state index is 12.2. The first kappa shape index (κ1) is 13.3. The quantitative estimate of drug-likeness (QED) is 0.748. The van der Waals surface area contributed by atoms with E-state index in [1.807, 2.05) is 24.3 Å². The molecule has 4 heteroatoms. The van der Waals surface area contributed by atoms with Crippen LogP contribution in [0, 0.1) is 0 Å². The van der Waals surface area contributed by atoms with Crippen molar-refractivity contribution in [2.45, 2.75) is 26.3 Å². The molecule has 0 bridgehead atoms. The van der Waals surface area contributed by atoms with Crippen molar-refractivity contribution >= 4 is 5.78 Å². The van der Waals surface area contributed by atoms with Crippen LogP contribution in [0.4, 0.5) is 0 Å². The van der Waals surface area contributed by atoms with Crippen molar-refractivity contribution in [3.05, 3.63) is 47.8 Å². The average Bonchev–Trinajstić information content (AvgIpc) is 2.88. The average molecular weight is 258 g/mol. The molecule has 1 aromatic heterocycles. The van der Waals surface area contributed by atoms with E-state index in [9.17, 15) is 4.79 Å². The summed E-state index contributed by atoms with van der Waals surface area (Å²) in [6.45, 7) is 2.92. The van der Waals surface area contributed by atoms with E-state index < -0.39 is 0 Å². The van der Waals surface area contributed by atoms with Crippen molar-refractivity contribution < 1.29 is 9.53 Å². The van der Waals surface area contributed by atoms with Gasteiger partial charge in [-0.25, -0.2) is 0 Å². The number of benzene rings is 1. The number of para-hydroxylation sites is 1. The van der Waals surface area contributed by atoms with Gasteiger partial charge in [-0.3, -0.25) is 9.48 Å². The Morgan fingerprint density at radius 3 is 2.89 bits per heavy atom. The smallest absolute Gasteiger partial charge is 0.170 e. The predicted molar refractivity (Wildman–Crippen MR) is 73.5 cm³/mol. The lowest BCUT2D eigenvalue weighted by atomic mass is 10.0. The van der Waals surface area contributed by atoms with Crippen LogP contribution >= 0.6 is 0 Å². The summed E-state index contributed by atoms with van der Waals surface area (Å²) in [6.07, 6.45) is 4.78. The van der Waals surface area contributed by atoms with Crippen molar-refractivity contribution in [1.29, 1.82) is 0 Å². The highest BCUT2D eigenvalue weighted by molar-refractivity contribution is 5.97. The molecule has 2 aromatic rings. The largest absolute Gasteiger partial charge is 0.496 e. The Bertz CT molecular complexity index is 561. The maximum absolute atomic E-state index is 12.2. The fraction of sp³-hybridized carbons (Fsp3) is 0.333. The summed E-state index contributed by atoms with van der Waals surface area (Å²) in [5.41, 5.74) is 1.55. The van der Waals surface area contributed by atoms with Crippen molar-refractivity contribution in [3.8, 4) is 5.75 Å². The van der Waals surface area contributed by atoms with Crippen LogP contribution in [0.1, 0.15) is 29.3 Å². The Labute approximate surface area is 113 Å². The van der Waals surface area contributed by atoms with Crippen molar-refractivity contribution in [2.75, 3.05) is 7.11 Å². The number of hydrogen-bond donors (Lipinski definition) is 0. The molecule has 0 saturated heterocycles. The van der Waals surface area contributed by atoms with E-state index >= 15 is 0 Å². The minimum Gasteiger partial charge on any atom is -0.496 e. The number of Topliss-reactive ketones (excluding diaryl/α,β-unsaturated/α-hetero) is 1. The number of carbonyl (C=O) groups excluding carboxylic acids is 1. The highest BCUT2D eigenvalue weighted by Crippen LogP contribution is 2.19. The molecule has 0 saturated carbocycles. The molecule has 0 N–H and O–H groups in total. The van der Waals surface area contributed by atoms with E-state index in [4.69, 9.17) is 4.74 Å². The molecule has 0 aliphatic heterocycles. The van der Waals surface area contributed by atoms with Gasteiger partial charge in [-0.2, -0.15) is 5.10 Å². The Kier molecular flexibility index (Phi) is 4.34. The summed E-state index contributed by atoms with van der Waals surface area (Å²) in [7, 11) is 1.61. The Hall–Kier alpha value is -2.10. The molecule has 0 aliphatic carbocycles. The second-order valence-corrected chi connectivity index (χ2v) is 4.40. The Morgan fingerprint density at radius 2 is 2.16 bits per heavy atom. The van der Waals surface area contributed by atoms with Gasteiger partial charge in [0.05, 0.1) is 18.9 Å². The summed E-state index contributed by atoms with van der Waals surface area (Å²) in [5, 5.41) is 4.18. The van der Waals surface area contributed by atoms with Gasteiger partial charge in [0.1, 0.15) is 5.75 Å². The summed E-state index contributed by atoms with van der Waals surface area (Å²) in [6, 6.07) is 7.58. The Balaban J connectivity index is 2.11. The van der Waals surface area contributed by atoms with E-state index in [2.05, 4.69) is 12.0 Å². The SMILES string of the molecule is CCCn1cc(C(=O)Cc2ccccc2OC)cn1. The van der Waals surface area contributed by atoms with E-state index in [-0.39, 0.29) is 5.78 Å². The van der Waals surface area contributed by atoms with E-state index in [1.54, 1.807) is 24.2 Å². The van der Waals surface area contributed by atoms with Crippen molar-refractivity contribution in [2.24, 2.45) is 0 Å². The zero-order valence-corrected chi connectivity index (χ0v) is 11.3. The van der Waals surface area contributed by atoms with Gasteiger partial charge in [0.2, 0.25) is 0 Å². The highest BCUT2D eigenvalue weighted by atomic mass is 16.5. The Morgan fingerprint density at radius 1 is 1.37 bits per heavy atom. The maximum Gasteiger partial charge on any atom is 0.170 e. The summed E-state index contributed by atoms with van der Waals surface area (Å²) in [5.74, 6) is 0.809. The molecular formula is C15H18N2O2. The van der Waals surface area contributed by atoms with Gasteiger partial charge in [-0.05, 0) is 12.5 Å². The summed E-state index contributed by atoms with van der Waals surface area (Å²) < 4.78 is 7.05. The molecule has 19 heavy (non-hydrogen) atoms. The lowest BCUT2D eigenvalue weighted by Crippen LogP contribution is -2.04. The van der Waals surface area contributed by atoms with Gasteiger partial charge in [0.25, 0.3) is 0 Å². The van der Waals surface area contributed by atoms with Crippen LogP contribution in [-0.2, 0) is 13.0 Å². The molecule has 0 atom stereocenters. The number of aryl methyl sites for hydroxylation is 1. The number of aromatic nitrogens is 2. The van der Waals surface area contributed by atoms with E-state index in [1.165, 1.54) is 0 Å². The number of nitrogens with zero attached hydrogens (tertiary/aromatic N) is 2. The van der Waals surface area contributed by atoms with Crippen LogP contribution in [0.2, 0.25) is 0 Å². The summed E-state index contributed by atoms with van der Waals surface area (Å²) >= 11 is 0. The zero-order chi connectivity index (χ0) is 13.7. The molecule has 0 spiro atoms. The lowest BCUT2D eigenvalue weighted by Gasteiger charge is -2.06. The topological polar surface area (TPSA) is 44.1 Å². The first-order chi connectivity index (χ1) is 9.24. The van der Waals surface area contributed by atoms with Crippen LogP contribution < -0.4 is 4.74 Å². The van der Waals surface area contributed by atoms with Gasteiger partial charge < -0.3 is 4.74 Å². The molecule has 0 fully saturated rings. The zero-order valence-electron chi connectivity index (χ0n) is 11.3. The molecule has 0 unspecified atom stereocenters. The third-order valence-electron chi connectivity index (χ3n) is 2.95. The van der Waals surface area contributed by atoms with Crippen LogP contribution in [0.25, 0.3) is 0 Å². The monoisotopic (exact) mass is 258 g/mol. The predicted octanol–water partition coefficient (Wildman–Crippen LogP) is 2.73. The lowest BCUT2D eigenvalue weighted by molar-refractivity contribution is 0.0992. The number of rotatable bonds is 6. The molecule has 100 valence electrons. The van der Waals surface area contributed by atoms with Gasteiger partial charge in [-0.15, -0.1) is 0 Å².